The standard InChI is InChI=1S/C12H12ClNO2/c1-7-4-8(2-3-14)9-5-10(13)11(15)6-12(9)16-7/h4-6,15H,1-3,14H2. The third kappa shape index (κ3) is 1.92. The second-order valence-electron chi connectivity index (χ2n) is 3.58. The zero-order valence-electron chi connectivity index (χ0n) is 8.66. The van der Waals surface area contributed by atoms with E-state index < -0.39 is 0 Å². The van der Waals surface area contributed by atoms with Gasteiger partial charge in [-0.15, -0.1) is 0 Å². The molecule has 1 aliphatic rings. The van der Waals surface area contributed by atoms with Crippen LogP contribution >= 0.6 is 11.6 Å². The number of allylic oxidation sites excluding steroid dienone is 1. The summed E-state index contributed by atoms with van der Waals surface area (Å²) < 4.78 is 5.41. The fourth-order valence-corrected chi connectivity index (χ4v) is 1.85. The summed E-state index contributed by atoms with van der Waals surface area (Å²) in [6, 6.07) is 3.17. The second-order valence-corrected chi connectivity index (χ2v) is 3.98. The Morgan fingerprint density at radius 2 is 2.19 bits per heavy atom. The van der Waals surface area contributed by atoms with Crippen molar-refractivity contribution in [1.29, 1.82) is 0 Å². The van der Waals surface area contributed by atoms with Gasteiger partial charge in [0.05, 0.1) is 5.02 Å². The number of rotatable bonds is 2. The van der Waals surface area contributed by atoms with Crippen LogP contribution in [-0.4, -0.2) is 11.7 Å². The lowest BCUT2D eigenvalue weighted by Crippen LogP contribution is -2.06. The summed E-state index contributed by atoms with van der Waals surface area (Å²) in [5, 5.41) is 9.80. The van der Waals surface area contributed by atoms with E-state index in [0.717, 1.165) is 17.6 Å². The van der Waals surface area contributed by atoms with E-state index >= 15 is 0 Å². The summed E-state index contributed by atoms with van der Waals surface area (Å²) in [7, 11) is 0. The molecule has 0 bridgehead atoms. The average molecular weight is 238 g/mol. The molecule has 0 saturated carbocycles. The Kier molecular flexibility index (Phi) is 2.90. The van der Waals surface area contributed by atoms with Crippen LogP contribution in [0.4, 0.5) is 0 Å². The maximum Gasteiger partial charge on any atom is 0.138 e. The minimum Gasteiger partial charge on any atom is -0.506 e. The summed E-state index contributed by atoms with van der Waals surface area (Å²) in [6.07, 6.45) is 2.55. The van der Waals surface area contributed by atoms with E-state index in [2.05, 4.69) is 6.58 Å². The van der Waals surface area contributed by atoms with Crippen molar-refractivity contribution in [2.75, 3.05) is 6.54 Å². The molecule has 0 spiro atoms. The summed E-state index contributed by atoms with van der Waals surface area (Å²) in [5.41, 5.74) is 7.42. The fraction of sp³-hybridized carbons (Fsp3) is 0.167. The van der Waals surface area contributed by atoms with Gasteiger partial charge in [-0.1, -0.05) is 18.2 Å². The zero-order valence-corrected chi connectivity index (χ0v) is 9.42. The Bertz CT molecular complexity index is 480. The molecule has 0 atom stereocenters. The molecule has 3 N–H and O–H groups in total. The Balaban J connectivity index is 2.53. The summed E-state index contributed by atoms with van der Waals surface area (Å²) in [6.45, 7) is 4.28. The maximum absolute atomic E-state index is 9.49. The first kappa shape index (κ1) is 11.0. The van der Waals surface area contributed by atoms with Crippen LogP contribution in [0, 0.1) is 0 Å². The normalized spacial score (nSPS) is 14.1. The van der Waals surface area contributed by atoms with Crippen molar-refractivity contribution in [2.24, 2.45) is 5.73 Å². The highest BCUT2D eigenvalue weighted by molar-refractivity contribution is 6.32. The predicted molar refractivity (Wildman–Crippen MR) is 64.5 cm³/mol. The van der Waals surface area contributed by atoms with Crippen LogP contribution < -0.4 is 10.5 Å². The highest BCUT2D eigenvalue weighted by Crippen LogP contribution is 2.40. The van der Waals surface area contributed by atoms with Gasteiger partial charge in [0.15, 0.2) is 0 Å². The number of aromatic hydroxyl groups is 1. The van der Waals surface area contributed by atoms with E-state index in [1.165, 1.54) is 6.07 Å². The smallest absolute Gasteiger partial charge is 0.138 e. The lowest BCUT2D eigenvalue weighted by atomic mass is 9.99. The number of fused-ring (bicyclic) bond motifs is 1. The summed E-state index contributed by atoms with van der Waals surface area (Å²) in [4.78, 5) is 0. The molecule has 1 heterocycles. The van der Waals surface area contributed by atoms with E-state index in [4.69, 9.17) is 22.1 Å². The maximum atomic E-state index is 9.49. The molecule has 0 aromatic heterocycles. The van der Waals surface area contributed by atoms with E-state index in [9.17, 15) is 5.11 Å². The quantitative estimate of drug-likeness (QED) is 0.832. The largest absolute Gasteiger partial charge is 0.506 e. The Hall–Kier alpha value is -1.45. The first-order chi connectivity index (χ1) is 7.61. The Morgan fingerprint density at radius 3 is 2.88 bits per heavy atom. The van der Waals surface area contributed by atoms with Crippen LogP contribution in [0.1, 0.15) is 12.0 Å². The van der Waals surface area contributed by atoms with Crippen molar-refractivity contribution in [2.45, 2.75) is 6.42 Å². The number of benzene rings is 1. The van der Waals surface area contributed by atoms with Gasteiger partial charge in [0.2, 0.25) is 0 Å². The van der Waals surface area contributed by atoms with Crippen LogP contribution in [0.15, 0.2) is 30.5 Å². The van der Waals surface area contributed by atoms with Gasteiger partial charge in [0.25, 0.3) is 0 Å². The number of ether oxygens (including phenoxy) is 1. The Morgan fingerprint density at radius 1 is 1.44 bits per heavy atom. The van der Waals surface area contributed by atoms with Crippen molar-refractivity contribution in [3.8, 4) is 11.5 Å². The molecule has 0 fully saturated rings. The predicted octanol–water partition coefficient (Wildman–Crippen LogP) is 2.68. The van der Waals surface area contributed by atoms with Gasteiger partial charge >= 0.3 is 0 Å². The monoisotopic (exact) mass is 237 g/mol. The van der Waals surface area contributed by atoms with E-state index in [1.54, 1.807) is 6.07 Å². The molecule has 0 unspecified atom stereocenters. The highest BCUT2D eigenvalue weighted by Gasteiger charge is 2.17. The minimum absolute atomic E-state index is 0.00205. The molecular weight excluding hydrogens is 226 g/mol. The van der Waals surface area contributed by atoms with Crippen LogP contribution in [0.5, 0.6) is 11.5 Å². The SMILES string of the molecule is C=C1C=C(CCN)c2cc(Cl)c(O)cc2O1. The summed E-state index contributed by atoms with van der Waals surface area (Å²) in [5.74, 6) is 1.11. The molecule has 4 heteroatoms. The minimum atomic E-state index is 0.00205. The van der Waals surface area contributed by atoms with Gasteiger partial charge in [-0.2, -0.15) is 0 Å². The van der Waals surface area contributed by atoms with E-state index in [-0.39, 0.29) is 5.75 Å². The molecule has 3 nitrogen and oxygen atoms in total. The molecule has 1 aromatic rings. The van der Waals surface area contributed by atoms with Gasteiger partial charge in [-0.3, -0.25) is 0 Å². The fourth-order valence-electron chi connectivity index (χ4n) is 1.68. The third-order valence-electron chi connectivity index (χ3n) is 2.38. The van der Waals surface area contributed by atoms with Gasteiger partial charge in [-0.25, -0.2) is 0 Å². The lowest BCUT2D eigenvalue weighted by Gasteiger charge is -2.20. The van der Waals surface area contributed by atoms with E-state index in [1.807, 2.05) is 6.08 Å². The average Bonchev–Trinajstić information content (AvgIpc) is 2.21. The number of halogens is 1. The molecule has 16 heavy (non-hydrogen) atoms. The van der Waals surface area contributed by atoms with Crippen molar-refractivity contribution >= 4 is 17.2 Å². The van der Waals surface area contributed by atoms with Crippen LogP contribution in [0.2, 0.25) is 5.02 Å². The van der Waals surface area contributed by atoms with Crippen molar-refractivity contribution in [3.05, 3.63) is 41.1 Å². The van der Waals surface area contributed by atoms with Gasteiger partial charge in [0, 0.05) is 11.6 Å². The van der Waals surface area contributed by atoms with Crippen LogP contribution in [0.25, 0.3) is 5.57 Å². The molecular formula is C12H12ClNO2. The van der Waals surface area contributed by atoms with Gasteiger partial charge in [0.1, 0.15) is 17.3 Å². The van der Waals surface area contributed by atoms with Gasteiger partial charge in [-0.05, 0) is 30.7 Å². The lowest BCUT2D eigenvalue weighted by molar-refractivity contribution is 0.429. The van der Waals surface area contributed by atoms with E-state index in [0.29, 0.717) is 23.1 Å². The summed E-state index contributed by atoms with van der Waals surface area (Å²) >= 11 is 5.86. The van der Waals surface area contributed by atoms with Gasteiger partial charge < -0.3 is 15.6 Å². The third-order valence-corrected chi connectivity index (χ3v) is 2.69. The second kappa shape index (κ2) is 4.20. The molecule has 2 rings (SSSR count). The highest BCUT2D eigenvalue weighted by atomic mass is 35.5. The van der Waals surface area contributed by atoms with Crippen LogP contribution in [-0.2, 0) is 0 Å². The number of nitrogens with two attached hydrogens (primary N) is 1. The van der Waals surface area contributed by atoms with Crippen LogP contribution in [0.3, 0.4) is 0 Å². The number of phenolic OH excluding ortho intramolecular Hbond substituents is 1. The molecule has 0 saturated heterocycles. The molecule has 0 aliphatic carbocycles. The number of hydrogen-bond donors (Lipinski definition) is 2. The first-order valence-corrected chi connectivity index (χ1v) is 5.30. The number of phenols is 1. The van der Waals surface area contributed by atoms with Crippen molar-refractivity contribution in [1.82, 2.24) is 0 Å². The Labute approximate surface area is 98.8 Å². The molecule has 0 radical (unpaired) electrons. The van der Waals surface area contributed by atoms with Crippen molar-refractivity contribution in [3.63, 3.8) is 0 Å². The molecule has 0 amide bonds. The number of hydrogen-bond acceptors (Lipinski definition) is 3. The van der Waals surface area contributed by atoms with Crippen molar-refractivity contribution < 1.29 is 9.84 Å². The molecule has 1 aromatic carbocycles. The topological polar surface area (TPSA) is 55.5 Å². The molecule has 1 aliphatic heterocycles. The zero-order chi connectivity index (χ0) is 11.7. The first-order valence-electron chi connectivity index (χ1n) is 4.92. The molecule has 84 valence electrons.